The van der Waals surface area contributed by atoms with Crippen molar-refractivity contribution in [3.63, 3.8) is 0 Å². The van der Waals surface area contributed by atoms with Crippen LogP contribution in [0.1, 0.15) is 25.0 Å². The van der Waals surface area contributed by atoms with Gasteiger partial charge in [0.15, 0.2) is 0 Å². The minimum atomic E-state index is 1.32. The van der Waals surface area contributed by atoms with Gasteiger partial charge in [-0.1, -0.05) is 55.8 Å². The Morgan fingerprint density at radius 3 is 1.94 bits per heavy atom. The van der Waals surface area contributed by atoms with Gasteiger partial charge >= 0.3 is 0 Å². The minimum Gasteiger partial charge on any atom is -0.0683 e. The summed E-state index contributed by atoms with van der Waals surface area (Å²) in [6, 6.07) is 17.6. The molecule has 0 aromatic heterocycles. The highest BCUT2D eigenvalue weighted by Crippen LogP contribution is 2.26. The summed E-state index contributed by atoms with van der Waals surface area (Å²) in [7, 11) is 0. The molecule has 0 spiro atoms. The Morgan fingerprint density at radius 1 is 0.667 bits per heavy atom. The van der Waals surface area contributed by atoms with Gasteiger partial charge in [-0.3, -0.25) is 0 Å². The maximum absolute atomic E-state index is 2.29. The van der Waals surface area contributed by atoms with Gasteiger partial charge in [0, 0.05) is 0 Å². The molecule has 18 heavy (non-hydrogen) atoms. The Labute approximate surface area is 109 Å². The van der Waals surface area contributed by atoms with Crippen LogP contribution in [-0.4, -0.2) is 0 Å². The zero-order valence-electron chi connectivity index (χ0n) is 11.6. The lowest BCUT2D eigenvalue weighted by atomic mass is 9.98. The largest absolute Gasteiger partial charge is 0.0683 e. The first-order chi connectivity index (χ1) is 8.74. The second kappa shape index (κ2) is 5.22. The van der Waals surface area contributed by atoms with Crippen LogP contribution in [0.3, 0.4) is 0 Å². The summed E-state index contributed by atoms with van der Waals surface area (Å²) in [5.74, 6) is 0. The number of rotatable bonds is 0. The summed E-state index contributed by atoms with van der Waals surface area (Å²) >= 11 is 0. The van der Waals surface area contributed by atoms with Gasteiger partial charge in [-0.05, 0) is 53.1 Å². The van der Waals surface area contributed by atoms with E-state index >= 15 is 0 Å². The van der Waals surface area contributed by atoms with E-state index in [9.17, 15) is 0 Å². The molecule has 0 nitrogen and oxygen atoms in total. The van der Waals surface area contributed by atoms with Crippen molar-refractivity contribution in [2.24, 2.45) is 0 Å². The lowest BCUT2D eigenvalue weighted by Crippen LogP contribution is -1.82. The third-order valence-electron chi connectivity index (χ3n) is 3.17. The Kier molecular flexibility index (Phi) is 3.66. The lowest BCUT2D eigenvalue weighted by molar-refractivity contribution is 1.43. The van der Waals surface area contributed by atoms with E-state index in [1.165, 1.54) is 32.7 Å². The molecule has 0 amide bonds. The fraction of sp³-hybridized carbons (Fsp3) is 0.222. The molecule has 92 valence electrons. The second-order valence-corrected chi connectivity index (χ2v) is 4.50. The number of benzene rings is 3. The van der Waals surface area contributed by atoms with Crippen molar-refractivity contribution >= 4 is 21.5 Å². The highest BCUT2D eigenvalue weighted by Gasteiger charge is 2.01. The topological polar surface area (TPSA) is 0 Å². The quantitative estimate of drug-likeness (QED) is 0.443. The van der Waals surface area contributed by atoms with E-state index in [-0.39, 0.29) is 0 Å². The van der Waals surface area contributed by atoms with Crippen LogP contribution in [0.4, 0.5) is 0 Å². The molecule has 3 rings (SSSR count). The molecule has 3 aromatic rings. The molecule has 0 heterocycles. The van der Waals surface area contributed by atoms with Crippen LogP contribution >= 0.6 is 0 Å². The molecule has 0 saturated carbocycles. The first-order valence-corrected chi connectivity index (χ1v) is 6.64. The van der Waals surface area contributed by atoms with Crippen molar-refractivity contribution in [1.82, 2.24) is 0 Å². The van der Waals surface area contributed by atoms with E-state index in [0.717, 1.165) is 0 Å². The summed E-state index contributed by atoms with van der Waals surface area (Å²) in [5.41, 5.74) is 2.70. The van der Waals surface area contributed by atoms with Crippen LogP contribution in [-0.2, 0) is 0 Å². The van der Waals surface area contributed by atoms with E-state index < -0.39 is 0 Å². The first kappa shape index (κ1) is 12.6. The number of hydrogen-bond donors (Lipinski definition) is 0. The number of fused-ring (bicyclic) bond motifs is 2. The first-order valence-electron chi connectivity index (χ1n) is 6.64. The van der Waals surface area contributed by atoms with Crippen LogP contribution in [0.2, 0.25) is 0 Å². The third kappa shape index (κ3) is 2.24. The van der Waals surface area contributed by atoms with Gasteiger partial charge in [-0.25, -0.2) is 0 Å². The van der Waals surface area contributed by atoms with Gasteiger partial charge in [0.2, 0.25) is 0 Å². The minimum absolute atomic E-state index is 1.32. The second-order valence-electron chi connectivity index (χ2n) is 4.50. The molecule has 0 saturated heterocycles. The Balaban J connectivity index is 0.000000574. The van der Waals surface area contributed by atoms with Gasteiger partial charge in [0.05, 0.1) is 0 Å². The molecule has 0 bridgehead atoms. The van der Waals surface area contributed by atoms with Gasteiger partial charge in [0.1, 0.15) is 0 Å². The van der Waals surface area contributed by atoms with Gasteiger partial charge in [0.25, 0.3) is 0 Å². The maximum atomic E-state index is 2.29. The van der Waals surface area contributed by atoms with Crippen LogP contribution in [0.25, 0.3) is 21.5 Å². The summed E-state index contributed by atoms with van der Waals surface area (Å²) in [6.45, 7) is 8.34. The molecule has 0 N–H and O–H groups in total. The number of aryl methyl sites for hydroxylation is 2. The monoisotopic (exact) mass is 236 g/mol. The molecule has 0 aliphatic rings. The van der Waals surface area contributed by atoms with Gasteiger partial charge in [-0.2, -0.15) is 0 Å². The van der Waals surface area contributed by atoms with Crippen molar-refractivity contribution in [3.05, 3.63) is 59.7 Å². The van der Waals surface area contributed by atoms with Gasteiger partial charge in [-0.15, -0.1) is 0 Å². The highest BCUT2D eigenvalue weighted by atomic mass is 14.1. The van der Waals surface area contributed by atoms with Crippen molar-refractivity contribution < 1.29 is 0 Å². The van der Waals surface area contributed by atoms with Crippen LogP contribution in [0.15, 0.2) is 48.5 Å². The SMILES string of the molecule is CC.Cc1cc(C)c2cc3ccccc3cc2c1. The van der Waals surface area contributed by atoms with E-state index in [2.05, 4.69) is 62.4 Å². The molecule has 0 aliphatic carbocycles. The normalized spacial score (nSPS) is 10.2. The Hall–Kier alpha value is -1.82. The Morgan fingerprint density at radius 2 is 1.28 bits per heavy atom. The van der Waals surface area contributed by atoms with E-state index in [1.54, 1.807) is 0 Å². The maximum Gasteiger partial charge on any atom is -0.0148 e. The molecular formula is C18H20. The zero-order valence-corrected chi connectivity index (χ0v) is 11.6. The van der Waals surface area contributed by atoms with Crippen LogP contribution < -0.4 is 0 Å². The predicted octanol–water partition coefficient (Wildman–Crippen LogP) is 5.64. The lowest BCUT2D eigenvalue weighted by Gasteiger charge is -2.06. The average molecular weight is 236 g/mol. The Bertz CT molecular complexity index is 678. The van der Waals surface area contributed by atoms with E-state index in [1.807, 2.05) is 13.8 Å². The fourth-order valence-electron chi connectivity index (χ4n) is 2.43. The molecule has 0 atom stereocenters. The van der Waals surface area contributed by atoms with Crippen LogP contribution in [0.5, 0.6) is 0 Å². The van der Waals surface area contributed by atoms with Crippen molar-refractivity contribution in [2.75, 3.05) is 0 Å². The zero-order chi connectivity index (χ0) is 13.1. The molecule has 0 heteroatoms. The molecule has 3 aromatic carbocycles. The fourth-order valence-corrected chi connectivity index (χ4v) is 2.43. The summed E-state index contributed by atoms with van der Waals surface area (Å²) in [6.07, 6.45) is 0. The standard InChI is InChI=1S/C16H14.C2H6/c1-11-7-12(2)16-10-14-6-4-3-5-13(14)9-15(16)8-11;1-2/h3-10H,1-2H3;1-2H3. The van der Waals surface area contributed by atoms with Crippen LogP contribution in [0, 0.1) is 13.8 Å². The average Bonchev–Trinajstić information content (AvgIpc) is 2.39. The summed E-state index contributed by atoms with van der Waals surface area (Å²) in [4.78, 5) is 0. The third-order valence-corrected chi connectivity index (χ3v) is 3.17. The summed E-state index contributed by atoms with van der Waals surface area (Å²) < 4.78 is 0. The van der Waals surface area contributed by atoms with Crippen molar-refractivity contribution in [3.8, 4) is 0 Å². The predicted molar refractivity (Wildman–Crippen MR) is 82.3 cm³/mol. The molecular weight excluding hydrogens is 216 g/mol. The van der Waals surface area contributed by atoms with E-state index in [4.69, 9.17) is 0 Å². The number of hydrogen-bond acceptors (Lipinski definition) is 0. The van der Waals surface area contributed by atoms with E-state index in [0.29, 0.717) is 0 Å². The summed E-state index contributed by atoms with van der Waals surface area (Å²) in [5, 5.41) is 5.35. The molecule has 0 aliphatic heterocycles. The smallest absolute Gasteiger partial charge is 0.0148 e. The van der Waals surface area contributed by atoms with Gasteiger partial charge < -0.3 is 0 Å². The molecule has 0 unspecified atom stereocenters. The molecule has 0 radical (unpaired) electrons. The molecule has 0 fully saturated rings. The van der Waals surface area contributed by atoms with Crippen molar-refractivity contribution in [2.45, 2.75) is 27.7 Å². The highest BCUT2D eigenvalue weighted by molar-refractivity contribution is 5.99. The van der Waals surface area contributed by atoms with Crippen molar-refractivity contribution in [1.29, 1.82) is 0 Å².